The highest BCUT2D eigenvalue weighted by molar-refractivity contribution is 5.41. The van der Waals surface area contributed by atoms with Gasteiger partial charge in [-0.15, -0.1) is 0 Å². The molecule has 90 valence electrons. The lowest BCUT2D eigenvalue weighted by Gasteiger charge is -2.22. The fourth-order valence-electron chi connectivity index (χ4n) is 1.13. The number of hydrazine groups is 1. The fraction of sp³-hybridized carbons (Fsp3) is 0.600. The molecule has 0 fully saturated rings. The summed E-state index contributed by atoms with van der Waals surface area (Å²) in [6.07, 6.45) is 0.673. The molecule has 5 N–H and O–H groups in total. The number of aliphatic hydroxyl groups is 1. The van der Waals surface area contributed by atoms with Gasteiger partial charge in [0.2, 0.25) is 5.95 Å². The van der Waals surface area contributed by atoms with Gasteiger partial charge in [-0.2, -0.15) is 4.98 Å². The first-order chi connectivity index (χ1) is 7.46. The number of nitrogens with one attached hydrogen (secondary N) is 2. The molecular formula is C10H19N5O. The summed E-state index contributed by atoms with van der Waals surface area (Å²) in [6.45, 7) is 5.99. The van der Waals surface area contributed by atoms with Crippen molar-refractivity contribution in [3.8, 4) is 0 Å². The van der Waals surface area contributed by atoms with Crippen LogP contribution in [0, 0.1) is 6.92 Å². The largest absolute Gasteiger partial charge is 0.388 e. The number of nitrogens with two attached hydrogens (primary N) is 1. The molecule has 0 saturated heterocycles. The molecule has 16 heavy (non-hydrogen) atoms. The SMILES string of the molecule is CCC(C)(O)CNc1cc(C)nc(NN)n1. The maximum absolute atomic E-state index is 9.83. The van der Waals surface area contributed by atoms with Gasteiger partial charge < -0.3 is 10.4 Å². The Morgan fingerprint density at radius 3 is 2.75 bits per heavy atom. The van der Waals surface area contributed by atoms with Crippen molar-refractivity contribution < 1.29 is 5.11 Å². The highest BCUT2D eigenvalue weighted by Crippen LogP contribution is 2.12. The second kappa shape index (κ2) is 5.09. The zero-order valence-electron chi connectivity index (χ0n) is 9.91. The molecule has 1 aromatic rings. The monoisotopic (exact) mass is 225 g/mol. The average molecular weight is 225 g/mol. The van der Waals surface area contributed by atoms with Crippen molar-refractivity contribution in [3.05, 3.63) is 11.8 Å². The van der Waals surface area contributed by atoms with Crippen LogP contribution in [0.25, 0.3) is 0 Å². The van der Waals surface area contributed by atoms with Crippen LogP contribution >= 0.6 is 0 Å². The van der Waals surface area contributed by atoms with Crippen LogP contribution in [0.5, 0.6) is 0 Å². The molecule has 0 aliphatic carbocycles. The standard InChI is InChI=1S/C10H19N5O/c1-4-10(3,16)6-12-8-5-7(2)13-9(14-8)15-11/h5,16H,4,6,11H2,1-3H3,(H2,12,13,14,15). The van der Waals surface area contributed by atoms with Crippen LogP contribution in [0.3, 0.4) is 0 Å². The van der Waals surface area contributed by atoms with Gasteiger partial charge in [-0.3, -0.25) is 5.43 Å². The van der Waals surface area contributed by atoms with Crippen LogP contribution in [0.15, 0.2) is 6.07 Å². The number of rotatable bonds is 5. The molecule has 6 nitrogen and oxygen atoms in total. The van der Waals surface area contributed by atoms with Gasteiger partial charge in [-0.1, -0.05) is 6.92 Å². The minimum Gasteiger partial charge on any atom is -0.388 e. The number of nitrogen functional groups attached to an aromatic ring is 1. The van der Waals surface area contributed by atoms with E-state index in [2.05, 4.69) is 20.7 Å². The van der Waals surface area contributed by atoms with Gasteiger partial charge in [-0.25, -0.2) is 10.8 Å². The second-order valence-corrected chi connectivity index (χ2v) is 4.07. The van der Waals surface area contributed by atoms with Crippen LogP contribution in [0.2, 0.25) is 0 Å². The van der Waals surface area contributed by atoms with Gasteiger partial charge in [0.15, 0.2) is 0 Å². The first kappa shape index (κ1) is 12.7. The Morgan fingerprint density at radius 1 is 1.50 bits per heavy atom. The molecule has 0 bridgehead atoms. The fourth-order valence-corrected chi connectivity index (χ4v) is 1.13. The van der Waals surface area contributed by atoms with Crippen molar-refractivity contribution >= 4 is 11.8 Å². The predicted molar refractivity (Wildman–Crippen MR) is 64.0 cm³/mol. The van der Waals surface area contributed by atoms with Gasteiger partial charge in [0, 0.05) is 18.3 Å². The molecule has 1 atom stereocenters. The minimum atomic E-state index is -0.741. The number of hydrogen-bond acceptors (Lipinski definition) is 6. The molecule has 0 aliphatic rings. The van der Waals surface area contributed by atoms with E-state index in [-0.39, 0.29) is 0 Å². The van der Waals surface area contributed by atoms with Crippen molar-refractivity contribution in [1.82, 2.24) is 9.97 Å². The van der Waals surface area contributed by atoms with Crippen LogP contribution < -0.4 is 16.6 Å². The summed E-state index contributed by atoms with van der Waals surface area (Å²) in [5.74, 6) is 6.25. The lowest BCUT2D eigenvalue weighted by Crippen LogP contribution is -2.32. The molecule has 0 aromatic carbocycles. The summed E-state index contributed by atoms with van der Waals surface area (Å²) in [5, 5.41) is 12.9. The average Bonchev–Trinajstić information content (AvgIpc) is 2.26. The summed E-state index contributed by atoms with van der Waals surface area (Å²) in [4.78, 5) is 8.19. The van der Waals surface area contributed by atoms with Gasteiger partial charge >= 0.3 is 0 Å². The number of nitrogens with zero attached hydrogens (tertiary/aromatic N) is 2. The maximum Gasteiger partial charge on any atom is 0.239 e. The summed E-state index contributed by atoms with van der Waals surface area (Å²) >= 11 is 0. The third-order valence-corrected chi connectivity index (χ3v) is 2.40. The minimum absolute atomic E-state index is 0.360. The molecule has 0 radical (unpaired) electrons. The van der Waals surface area contributed by atoms with Crippen molar-refractivity contribution in [1.29, 1.82) is 0 Å². The first-order valence-electron chi connectivity index (χ1n) is 5.25. The maximum atomic E-state index is 9.83. The van der Waals surface area contributed by atoms with E-state index < -0.39 is 5.60 Å². The summed E-state index contributed by atoms with van der Waals surface area (Å²) in [5.41, 5.74) is 2.46. The Bertz CT molecular complexity index is 353. The highest BCUT2D eigenvalue weighted by Gasteiger charge is 2.17. The van der Waals surface area contributed by atoms with E-state index in [1.165, 1.54) is 0 Å². The Hall–Kier alpha value is -1.40. The predicted octanol–water partition coefficient (Wildman–Crippen LogP) is 0.644. The highest BCUT2D eigenvalue weighted by atomic mass is 16.3. The zero-order chi connectivity index (χ0) is 12.2. The summed E-state index contributed by atoms with van der Waals surface area (Å²) < 4.78 is 0. The van der Waals surface area contributed by atoms with Crippen molar-refractivity contribution in [2.24, 2.45) is 5.84 Å². The third-order valence-electron chi connectivity index (χ3n) is 2.40. The van der Waals surface area contributed by atoms with Crippen molar-refractivity contribution in [2.75, 3.05) is 17.3 Å². The number of aromatic nitrogens is 2. The van der Waals surface area contributed by atoms with E-state index in [0.29, 0.717) is 24.7 Å². The van der Waals surface area contributed by atoms with Gasteiger partial charge in [0.25, 0.3) is 0 Å². The Labute approximate surface area is 95.3 Å². The van der Waals surface area contributed by atoms with E-state index in [4.69, 9.17) is 5.84 Å². The van der Waals surface area contributed by atoms with Crippen LogP contribution in [0.4, 0.5) is 11.8 Å². The Kier molecular flexibility index (Phi) is 4.03. The molecule has 1 rings (SSSR count). The topological polar surface area (TPSA) is 96.1 Å². The van der Waals surface area contributed by atoms with E-state index in [1.807, 2.05) is 13.8 Å². The molecule has 1 heterocycles. The Balaban J connectivity index is 2.70. The Morgan fingerprint density at radius 2 is 2.19 bits per heavy atom. The molecule has 0 aliphatic heterocycles. The lowest BCUT2D eigenvalue weighted by atomic mass is 10.0. The smallest absolute Gasteiger partial charge is 0.239 e. The quantitative estimate of drug-likeness (QED) is 0.434. The van der Waals surface area contributed by atoms with Crippen LogP contribution in [-0.2, 0) is 0 Å². The van der Waals surface area contributed by atoms with Crippen LogP contribution in [-0.4, -0.2) is 27.2 Å². The third kappa shape index (κ3) is 3.63. The summed E-state index contributed by atoms with van der Waals surface area (Å²) in [6, 6.07) is 1.80. The van der Waals surface area contributed by atoms with E-state index in [1.54, 1.807) is 13.0 Å². The first-order valence-corrected chi connectivity index (χ1v) is 5.25. The second-order valence-electron chi connectivity index (χ2n) is 4.07. The molecular weight excluding hydrogens is 206 g/mol. The molecule has 1 aromatic heterocycles. The summed E-state index contributed by atoms with van der Waals surface area (Å²) in [7, 11) is 0. The van der Waals surface area contributed by atoms with Gasteiger partial charge in [0.1, 0.15) is 5.82 Å². The molecule has 0 spiro atoms. The number of aryl methyl sites for hydroxylation is 1. The number of anilines is 2. The van der Waals surface area contributed by atoms with Crippen molar-refractivity contribution in [2.45, 2.75) is 32.8 Å². The molecule has 0 saturated carbocycles. The molecule has 1 unspecified atom stereocenters. The lowest BCUT2D eigenvalue weighted by molar-refractivity contribution is 0.0696. The molecule has 6 heteroatoms. The van der Waals surface area contributed by atoms with E-state index >= 15 is 0 Å². The molecule has 0 amide bonds. The normalized spacial score (nSPS) is 14.3. The number of hydrogen-bond donors (Lipinski definition) is 4. The van der Waals surface area contributed by atoms with Gasteiger partial charge in [-0.05, 0) is 20.3 Å². The van der Waals surface area contributed by atoms with E-state index in [9.17, 15) is 5.11 Å². The van der Waals surface area contributed by atoms with E-state index in [0.717, 1.165) is 5.69 Å². The zero-order valence-corrected chi connectivity index (χ0v) is 9.91. The van der Waals surface area contributed by atoms with Crippen molar-refractivity contribution in [3.63, 3.8) is 0 Å². The van der Waals surface area contributed by atoms with Crippen LogP contribution in [0.1, 0.15) is 26.0 Å². The van der Waals surface area contributed by atoms with Gasteiger partial charge in [0.05, 0.1) is 5.60 Å².